The van der Waals surface area contributed by atoms with Crippen LogP contribution in [0.15, 0.2) is 24.8 Å². The molecular formula is C17H24O3. The number of rotatable bonds is 9. The Bertz CT molecular complexity index is 450. The first kappa shape index (κ1) is 16.3. The Morgan fingerprint density at radius 2 is 2.05 bits per heavy atom. The minimum Gasteiger partial charge on any atom is -0.490 e. The minimum absolute atomic E-state index is 0.538. The first-order valence-corrected chi connectivity index (χ1v) is 7.10. The molecule has 0 bridgehead atoms. The van der Waals surface area contributed by atoms with E-state index in [2.05, 4.69) is 20.4 Å². The van der Waals surface area contributed by atoms with E-state index in [-0.39, 0.29) is 0 Å². The summed E-state index contributed by atoms with van der Waals surface area (Å²) in [4.78, 5) is 11.0. The summed E-state index contributed by atoms with van der Waals surface area (Å²) in [5.74, 6) is 1.96. The fraction of sp³-hybridized carbons (Fsp3) is 0.471. The normalized spacial score (nSPS) is 10.4. The highest BCUT2D eigenvalue weighted by atomic mass is 16.5. The van der Waals surface area contributed by atoms with Crippen molar-refractivity contribution in [2.75, 3.05) is 13.2 Å². The molecule has 0 radical (unpaired) electrons. The van der Waals surface area contributed by atoms with Gasteiger partial charge in [0.1, 0.15) is 6.29 Å². The predicted octanol–water partition coefficient (Wildman–Crippen LogP) is 4.05. The van der Waals surface area contributed by atoms with Crippen LogP contribution in [0.5, 0.6) is 11.5 Å². The Hall–Kier alpha value is -1.77. The summed E-state index contributed by atoms with van der Waals surface area (Å²) in [6, 6.07) is 3.57. The second-order valence-electron chi connectivity index (χ2n) is 5.08. The van der Waals surface area contributed by atoms with Gasteiger partial charge in [0.2, 0.25) is 0 Å². The zero-order valence-electron chi connectivity index (χ0n) is 12.6. The summed E-state index contributed by atoms with van der Waals surface area (Å²) in [6.45, 7) is 11.2. The molecule has 0 saturated carbocycles. The molecule has 0 amide bonds. The first-order chi connectivity index (χ1) is 9.62. The smallest absolute Gasteiger partial charge is 0.164 e. The maximum absolute atomic E-state index is 11.0. The average molecular weight is 276 g/mol. The van der Waals surface area contributed by atoms with Crippen molar-refractivity contribution in [1.29, 1.82) is 0 Å². The molecule has 0 spiro atoms. The lowest BCUT2D eigenvalue weighted by molar-refractivity contribution is 0.112. The Morgan fingerprint density at radius 1 is 1.30 bits per heavy atom. The lowest BCUT2D eigenvalue weighted by Gasteiger charge is -2.17. The van der Waals surface area contributed by atoms with E-state index < -0.39 is 0 Å². The number of hydrogen-bond donors (Lipinski definition) is 0. The molecule has 0 heterocycles. The summed E-state index contributed by atoms with van der Waals surface area (Å²) in [5, 5.41) is 0. The van der Waals surface area contributed by atoms with Gasteiger partial charge in [-0.2, -0.15) is 0 Å². The highest BCUT2D eigenvalue weighted by molar-refractivity contribution is 5.77. The van der Waals surface area contributed by atoms with Gasteiger partial charge in [-0.1, -0.05) is 19.9 Å². The molecule has 3 heteroatoms. The Balaban J connectivity index is 3.06. The first-order valence-electron chi connectivity index (χ1n) is 7.10. The standard InChI is InChI=1S/C17H24O3/c1-5-7-15-10-14(12-18)11-16(19-6-2)17(15)20-9-8-13(3)4/h5,10-13H,1,6-9H2,2-4H3. The average Bonchev–Trinajstić information content (AvgIpc) is 2.41. The van der Waals surface area contributed by atoms with Gasteiger partial charge in [0.05, 0.1) is 13.2 Å². The third-order valence-corrected chi connectivity index (χ3v) is 2.90. The fourth-order valence-electron chi connectivity index (χ4n) is 1.88. The fourth-order valence-corrected chi connectivity index (χ4v) is 1.88. The number of allylic oxidation sites excluding steroid dienone is 1. The van der Waals surface area contributed by atoms with Crippen LogP contribution in [0.25, 0.3) is 0 Å². The van der Waals surface area contributed by atoms with Gasteiger partial charge in [0.25, 0.3) is 0 Å². The molecule has 110 valence electrons. The molecule has 0 aliphatic rings. The van der Waals surface area contributed by atoms with Gasteiger partial charge in [0, 0.05) is 11.1 Å². The summed E-state index contributed by atoms with van der Waals surface area (Å²) in [6.07, 6.45) is 4.26. The third kappa shape index (κ3) is 4.72. The summed E-state index contributed by atoms with van der Waals surface area (Å²) in [5.41, 5.74) is 1.54. The molecule has 0 aliphatic carbocycles. The molecule has 0 saturated heterocycles. The van der Waals surface area contributed by atoms with Crippen LogP contribution >= 0.6 is 0 Å². The van der Waals surface area contributed by atoms with Crippen LogP contribution in [0.4, 0.5) is 0 Å². The molecule has 0 unspecified atom stereocenters. The molecule has 1 aromatic rings. The van der Waals surface area contributed by atoms with Crippen LogP contribution in [-0.4, -0.2) is 19.5 Å². The molecule has 20 heavy (non-hydrogen) atoms. The van der Waals surface area contributed by atoms with E-state index in [1.807, 2.05) is 13.0 Å². The van der Waals surface area contributed by atoms with Crippen molar-refractivity contribution < 1.29 is 14.3 Å². The van der Waals surface area contributed by atoms with E-state index >= 15 is 0 Å². The van der Waals surface area contributed by atoms with E-state index in [4.69, 9.17) is 9.47 Å². The van der Waals surface area contributed by atoms with Crippen molar-refractivity contribution >= 4 is 6.29 Å². The number of carbonyl (C=O) groups excluding carboxylic acids is 1. The Kier molecular flexibility index (Phi) is 6.85. The molecule has 0 N–H and O–H groups in total. The second-order valence-corrected chi connectivity index (χ2v) is 5.08. The van der Waals surface area contributed by atoms with E-state index in [1.54, 1.807) is 12.1 Å². The molecule has 3 nitrogen and oxygen atoms in total. The van der Waals surface area contributed by atoms with Crippen LogP contribution in [0, 0.1) is 5.92 Å². The van der Waals surface area contributed by atoms with Gasteiger partial charge >= 0.3 is 0 Å². The van der Waals surface area contributed by atoms with E-state index in [9.17, 15) is 4.79 Å². The maximum atomic E-state index is 11.0. The number of aldehydes is 1. The summed E-state index contributed by atoms with van der Waals surface area (Å²) >= 11 is 0. The largest absolute Gasteiger partial charge is 0.490 e. The number of ether oxygens (including phenoxy) is 2. The zero-order chi connectivity index (χ0) is 15.0. The summed E-state index contributed by atoms with van der Waals surface area (Å²) in [7, 11) is 0. The van der Waals surface area contributed by atoms with Crippen molar-refractivity contribution in [3.63, 3.8) is 0 Å². The summed E-state index contributed by atoms with van der Waals surface area (Å²) < 4.78 is 11.5. The molecule has 0 aromatic heterocycles. The van der Waals surface area contributed by atoms with Crippen molar-refractivity contribution in [2.24, 2.45) is 5.92 Å². The van der Waals surface area contributed by atoms with Gasteiger partial charge in [-0.25, -0.2) is 0 Å². The molecule has 1 aromatic carbocycles. The van der Waals surface area contributed by atoms with E-state index in [0.29, 0.717) is 36.9 Å². The Morgan fingerprint density at radius 3 is 2.60 bits per heavy atom. The predicted molar refractivity (Wildman–Crippen MR) is 81.8 cm³/mol. The SMILES string of the molecule is C=CCc1cc(C=O)cc(OCC)c1OCCC(C)C. The highest BCUT2D eigenvalue weighted by Crippen LogP contribution is 2.33. The minimum atomic E-state index is 0.538. The number of hydrogen-bond acceptors (Lipinski definition) is 3. The van der Waals surface area contributed by atoms with Gasteiger partial charge in [-0.3, -0.25) is 4.79 Å². The van der Waals surface area contributed by atoms with E-state index in [1.165, 1.54) is 0 Å². The van der Waals surface area contributed by atoms with Gasteiger partial charge in [0.15, 0.2) is 11.5 Å². The van der Waals surface area contributed by atoms with Crippen LogP contribution < -0.4 is 9.47 Å². The quantitative estimate of drug-likeness (QED) is 0.504. The zero-order valence-corrected chi connectivity index (χ0v) is 12.6. The Labute approximate surface area is 121 Å². The third-order valence-electron chi connectivity index (χ3n) is 2.90. The van der Waals surface area contributed by atoms with Crippen LogP contribution in [0.1, 0.15) is 43.1 Å². The molecule has 1 rings (SSSR count). The van der Waals surface area contributed by atoms with Crippen LogP contribution in [0.3, 0.4) is 0 Å². The van der Waals surface area contributed by atoms with Crippen molar-refractivity contribution in [2.45, 2.75) is 33.6 Å². The van der Waals surface area contributed by atoms with Crippen molar-refractivity contribution in [3.8, 4) is 11.5 Å². The van der Waals surface area contributed by atoms with E-state index in [0.717, 1.165) is 24.0 Å². The highest BCUT2D eigenvalue weighted by Gasteiger charge is 2.13. The molecular weight excluding hydrogens is 252 g/mol. The lowest BCUT2D eigenvalue weighted by atomic mass is 10.1. The topological polar surface area (TPSA) is 35.5 Å². The van der Waals surface area contributed by atoms with Crippen LogP contribution in [-0.2, 0) is 6.42 Å². The lowest BCUT2D eigenvalue weighted by Crippen LogP contribution is -2.06. The van der Waals surface area contributed by atoms with Crippen LogP contribution in [0.2, 0.25) is 0 Å². The van der Waals surface area contributed by atoms with Gasteiger partial charge in [-0.05, 0) is 37.8 Å². The van der Waals surface area contributed by atoms with Crippen molar-refractivity contribution in [3.05, 3.63) is 35.9 Å². The second kappa shape index (κ2) is 8.41. The number of carbonyl (C=O) groups is 1. The molecule has 0 fully saturated rings. The van der Waals surface area contributed by atoms with Gasteiger partial charge in [-0.15, -0.1) is 6.58 Å². The molecule has 0 aliphatic heterocycles. The van der Waals surface area contributed by atoms with Crippen molar-refractivity contribution in [1.82, 2.24) is 0 Å². The number of benzene rings is 1. The molecule has 0 atom stereocenters. The monoisotopic (exact) mass is 276 g/mol. The maximum Gasteiger partial charge on any atom is 0.164 e. The van der Waals surface area contributed by atoms with Gasteiger partial charge < -0.3 is 9.47 Å².